The monoisotopic (exact) mass is 347 g/mol. The van der Waals surface area contributed by atoms with Crippen LogP contribution in [0.4, 0.5) is 0 Å². The molecule has 0 aliphatic carbocycles. The van der Waals surface area contributed by atoms with E-state index in [9.17, 15) is 9.90 Å². The first-order chi connectivity index (χ1) is 9.90. The van der Waals surface area contributed by atoms with E-state index in [1.54, 1.807) is 17.8 Å². The molecule has 1 aromatic carbocycles. The first-order valence-electron chi connectivity index (χ1n) is 6.94. The van der Waals surface area contributed by atoms with Crippen LogP contribution in [0, 0.1) is 5.41 Å². The lowest BCUT2D eigenvalue weighted by molar-refractivity contribution is -0.150. The predicted molar refractivity (Wildman–Crippen MR) is 88.6 cm³/mol. The van der Waals surface area contributed by atoms with Gasteiger partial charge in [0.2, 0.25) is 0 Å². The number of thioether (sulfide) groups is 1. The number of carboxylic acids is 1. The smallest absolute Gasteiger partial charge is 0.309 e. The molecule has 0 bridgehead atoms. The zero-order chi connectivity index (χ0) is 15.5. The number of hydrogen-bond donors (Lipinski definition) is 1. The molecule has 116 valence electrons. The van der Waals surface area contributed by atoms with Crippen molar-refractivity contribution < 1.29 is 9.90 Å². The molecule has 2 rings (SSSR count). The average molecular weight is 348 g/mol. The van der Waals surface area contributed by atoms with E-state index < -0.39 is 11.4 Å². The molecule has 1 heterocycles. The van der Waals surface area contributed by atoms with Gasteiger partial charge >= 0.3 is 5.97 Å². The number of benzene rings is 1. The molecule has 0 radical (unpaired) electrons. The van der Waals surface area contributed by atoms with E-state index >= 15 is 0 Å². The standard InChI is InChI=1S/C15H19Cl2NO2S/c1-15(14(19)20)4-6-18(7-5-15)8-9-21-13-10-11(16)2-3-12(13)17/h2-3,10H,4-9H2,1H3,(H,19,20). The molecular weight excluding hydrogens is 329 g/mol. The molecule has 0 unspecified atom stereocenters. The molecule has 0 atom stereocenters. The van der Waals surface area contributed by atoms with E-state index in [4.69, 9.17) is 23.2 Å². The van der Waals surface area contributed by atoms with E-state index in [2.05, 4.69) is 4.90 Å². The van der Waals surface area contributed by atoms with Gasteiger partial charge in [0, 0.05) is 22.2 Å². The van der Waals surface area contributed by atoms with Crippen molar-refractivity contribution in [2.45, 2.75) is 24.7 Å². The predicted octanol–water partition coefficient (Wildman–Crippen LogP) is 4.27. The Bertz CT molecular complexity index is 516. The number of likely N-dealkylation sites (tertiary alicyclic amines) is 1. The minimum Gasteiger partial charge on any atom is -0.481 e. The highest BCUT2D eigenvalue weighted by atomic mass is 35.5. The van der Waals surface area contributed by atoms with Crippen LogP contribution >= 0.6 is 35.0 Å². The second kappa shape index (κ2) is 7.23. The lowest BCUT2D eigenvalue weighted by atomic mass is 9.80. The third-order valence-electron chi connectivity index (χ3n) is 4.03. The van der Waals surface area contributed by atoms with Crippen LogP contribution in [0.5, 0.6) is 0 Å². The summed E-state index contributed by atoms with van der Waals surface area (Å²) in [6.45, 7) is 4.45. The molecule has 1 N–H and O–H groups in total. The van der Waals surface area contributed by atoms with Crippen LogP contribution < -0.4 is 0 Å². The minimum atomic E-state index is -0.678. The quantitative estimate of drug-likeness (QED) is 0.807. The molecule has 0 amide bonds. The fourth-order valence-electron chi connectivity index (χ4n) is 2.36. The number of hydrogen-bond acceptors (Lipinski definition) is 3. The van der Waals surface area contributed by atoms with Gasteiger partial charge < -0.3 is 10.0 Å². The third kappa shape index (κ3) is 4.52. The second-order valence-electron chi connectivity index (χ2n) is 5.63. The van der Waals surface area contributed by atoms with Gasteiger partial charge in [-0.25, -0.2) is 0 Å². The minimum absolute atomic E-state index is 0.556. The Morgan fingerprint density at radius 3 is 2.67 bits per heavy atom. The van der Waals surface area contributed by atoms with Crippen molar-refractivity contribution in [1.29, 1.82) is 0 Å². The van der Waals surface area contributed by atoms with Gasteiger partial charge in [-0.3, -0.25) is 4.79 Å². The molecule has 0 spiro atoms. The number of halogens is 2. The Kier molecular flexibility index (Phi) is 5.83. The maximum absolute atomic E-state index is 11.2. The van der Waals surface area contributed by atoms with Gasteiger partial charge in [-0.15, -0.1) is 11.8 Å². The first-order valence-corrected chi connectivity index (χ1v) is 8.68. The lowest BCUT2D eigenvalue weighted by Crippen LogP contribution is -2.43. The van der Waals surface area contributed by atoms with Crippen molar-refractivity contribution in [2.75, 3.05) is 25.4 Å². The van der Waals surface area contributed by atoms with E-state index in [1.807, 2.05) is 19.1 Å². The van der Waals surface area contributed by atoms with Crippen molar-refractivity contribution >= 4 is 40.9 Å². The maximum atomic E-state index is 11.2. The van der Waals surface area contributed by atoms with Crippen molar-refractivity contribution in [3.05, 3.63) is 28.2 Å². The van der Waals surface area contributed by atoms with Crippen LogP contribution in [0.1, 0.15) is 19.8 Å². The fraction of sp³-hybridized carbons (Fsp3) is 0.533. The fourth-order valence-corrected chi connectivity index (χ4v) is 3.86. The number of piperidine rings is 1. The molecule has 0 saturated carbocycles. The van der Waals surface area contributed by atoms with Crippen molar-refractivity contribution in [1.82, 2.24) is 4.90 Å². The SMILES string of the molecule is CC1(C(=O)O)CCN(CCSc2cc(Cl)ccc2Cl)CC1. The van der Waals surface area contributed by atoms with Gasteiger partial charge in [-0.1, -0.05) is 23.2 Å². The number of rotatable bonds is 5. The average Bonchev–Trinajstić information content (AvgIpc) is 2.45. The Morgan fingerprint density at radius 2 is 2.05 bits per heavy atom. The summed E-state index contributed by atoms with van der Waals surface area (Å²) in [4.78, 5) is 14.5. The molecule has 3 nitrogen and oxygen atoms in total. The molecule has 1 saturated heterocycles. The van der Waals surface area contributed by atoms with Crippen LogP contribution in [0.3, 0.4) is 0 Å². The van der Waals surface area contributed by atoms with Crippen LogP contribution in [-0.4, -0.2) is 41.4 Å². The Balaban J connectivity index is 1.78. The van der Waals surface area contributed by atoms with Crippen LogP contribution in [-0.2, 0) is 4.79 Å². The first kappa shape index (κ1) is 16.9. The van der Waals surface area contributed by atoms with E-state index in [1.165, 1.54) is 0 Å². The van der Waals surface area contributed by atoms with Gasteiger partial charge in [0.05, 0.1) is 10.4 Å². The summed E-state index contributed by atoms with van der Waals surface area (Å²) in [5, 5.41) is 10.6. The lowest BCUT2D eigenvalue weighted by Gasteiger charge is -2.36. The van der Waals surface area contributed by atoms with Crippen molar-refractivity contribution in [2.24, 2.45) is 5.41 Å². The molecule has 21 heavy (non-hydrogen) atoms. The Hall–Kier alpha value is -0.420. The van der Waals surface area contributed by atoms with Gasteiger partial charge in [0.25, 0.3) is 0 Å². The summed E-state index contributed by atoms with van der Waals surface area (Å²) in [7, 11) is 0. The van der Waals surface area contributed by atoms with Crippen LogP contribution in [0.15, 0.2) is 23.1 Å². The topological polar surface area (TPSA) is 40.5 Å². The molecule has 1 aliphatic rings. The van der Waals surface area contributed by atoms with Gasteiger partial charge in [-0.2, -0.15) is 0 Å². The number of carbonyl (C=O) groups is 1. The van der Waals surface area contributed by atoms with E-state index in [-0.39, 0.29) is 0 Å². The highest BCUT2D eigenvalue weighted by molar-refractivity contribution is 7.99. The highest BCUT2D eigenvalue weighted by Gasteiger charge is 2.36. The van der Waals surface area contributed by atoms with E-state index in [0.29, 0.717) is 17.9 Å². The molecule has 1 fully saturated rings. The summed E-state index contributed by atoms with van der Waals surface area (Å²) in [6.07, 6.45) is 1.43. The summed E-state index contributed by atoms with van der Waals surface area (Å²) in [5.41, 5.74) is -0.556. The number of nitrogens with zero attached hydrogens (tertiary/aromatic N) is 1. The number of carboxylic acid groups (broad SMARTS) is 1. The molecule has 1 aliphatic heterocycles. The highest BCUT2D eigenvalue weighted by Crippen LogP contribution is 2.32. The summed E-state index contributed by atoms with van der Waals surface area (Å²) in [5.74, 6) is 0.242. The molecule has 0 aromatic heterocycles. The summed E-state index contributed by atoms with van der Waals surface area (Å²) < 4.78 is 0. The molecule has 6 heteroatoms. The number of aliphatic carboxylic acids is 1. The van der Waals surface area contributed by atoms with E-state index in [0.717, 1.165) is 35.3 Å². The van der Waals surface area contributed by atoms with Gasteiger partial charge in [0.15, 0.2) is 0 Å². The molecular formula is C15H19Cl2NO2S. The van der Waals surface area contributed by atoms with Crippen molar-refractivity contribution in [3.63, 3.8) is 0 Å². The third-order valence-corrected chi connectivity index (χ3v) is 5.75. The summed E-state index contributed by atoms with van der Waals surface area (Å²) in [6, 6.07) is 5.48. The Morgan fingerprint density at radius 1 is 1.38 bits per heavy atom. The largest absolute Gasteiger partial charge is 0.481 e. The van der Waals surface area contributed by atoms with Gasteiger partial charge in [0.1, 0.15) is 0 Å². The molecule has 1 aromatic rings. The zero-order valence-corrected chi connectivity index (χ0v) is 14.3. The van der Waals surface area contributed by atoms with Gasteiger partial charge in [-0.05, 0) is 51.1 Å². The summed E-state index contributed by atoms with van der Waals surface area (Å²) >= 11 is 13.8. The van der Waals surface area contributed by atoms with Crippen LogP contribution in [0.25, 0.3) is 0 Å². The maximum Gasteiger partial charge on any atom is 0.309 e. The van der Waals surface area contributed by atoms with Crippen LogP contribution in [0.2, 0.25) is 10.0 Å². The normalized spacial score (nSPS) is 18.6. The second-order valence-corrected chi connectivity index (χ2v) is 7.61. The zero-order valence-electron chi connectivity index (χ0n) is 11.9. The Labute approximate surface area is 139 Å². The van der Waals surface area contributed by atoms with Crippen molar-refractivity contribution in [3.8, 4) is 0 Å².